The average molecular weight is 809 g/mol. The number of benzene rings is 7. The summed E-state index contributed by atoms with van der Waals surface area (Å²) in [5.74, 6) is 2.39. The van der Waals surface area contributed by atoms with E-state index in [1.165, 1.54) is 5.39 Å². The fraction of sp³-hybridized carbons (Fsp3) is 0. The maximum absolute atomic E-state index is 6.16. The maximum Gasteiger partial charge on any atom is 0.238 e. The van der Waals surface area contributed by atoms with Gasteiger partial charge in [0.05, 0.1) is 27.8 Å². The molecule has 0 saturated carbocycles. The van der Waals surface area contributed by atoms with Crippen molar-refractivity contribution in [2.45, 2.75) is 0 Å². The van der Waals surface area contributed by atoms with Gasteiger partial charge >= 0.3 is 0 Å². The maximum atomic E-state index is 6.16. The van der Waals surface area contributed by atoms with Gasteiger partial charge in [0.15, 0.2) is 17.5 Å². The van der Waals surface area contributed by atoms with Crippen molar-refractivity contribution in [2.75, 3.05) is 0 Å². The third-order valence-electron chi connectivity index (χ3n) is 12.0. The molecular weight excluding hydrogens is 777 g/mol. The molecule has 7 aromatic carbocycles. The number of pyridine rings is 1. The summed E-state index contributed by atoms with van der Waals surface area (Å²) in [5.41, 5.74) is 11.4. The zero-order chi connectivity index (χ0) is 41.4. The highest BCUT2D eigenvalue weighted by Gasteiger charge is 2.20. The first-order valence-corrected chi connectivity index (χ1v) is 20.8. The van der Waals surface area contributed by atoms with Crippen LogP contribution in [0.15, 0.2) is 199 Å². The van der Waals surface area contributed by atoms with E-state index in [9.17, 15) is 0 Å². The topological polar surface area (TPSA) is 100 Å². The highest BCUT2D eigenvalue weighted by atomic mass is 16.3. The SMILES string of the molecule is c1ccc(-c2nc(-c3ccccc3)nc(-n3c4ccccc4c4cc(-c5nccc(-c6ccc7c8ccccc8n(-c8ccc9oc%10ccncc%10c9c8)c7c6)n5)ccc43)n2)cc1. The van der Waals surface area contributed by atoms with E-state index in [4.69, 9.17) is 29.3 Å². The number of nitrogens with zero attached hydrogens (tertiary/aromatic N) is 8. The van der Waals surface area contributed by atoms with Crippen molar-refractivity contribution in [3.05, 3.63) is 195 Å². The van der Waals surface area contributed by atoms with Gasteiger partial charge in [0.1, 0.15) is 11.2 Å². The molecule has 0 fully saturated rings. The Kier molecular flexibility index (Phi) is 7.70. The third kappa shape index (κ3) is 5.64. The van der Waals surface area contributed by atoms with Crippen molar-refractivity contribution < 1.29 is 4.42 Å². The van der Waals surface area contributed by atoms with Gasteiger partial charge in [-0.15, -0.1) is 0 Å². The molecule has 9 heteroatoms. The summed E-state index contributed by atoms with van der Waals surface area (Å²) in [6.07, 6.45) is 5.48. The van der Waals surface area contributed by atoms with Gasteiger partial charge in [0.25, 0.3) is 0 Å². The summed E-state index contributed by atoms with van der Waals surface area (Å²) in [4.78, 5) is 29.5. The molecule has 0 saturated heterocycles. The van der Waals surface area contributed by atoms with Crippen molar-refractivity contribution in [3.63, 3.8) is 0 Å². The highest BCUT2D eigenvalue weighted by Crippen LogP contribution is 2.38. The van der Waals surface area contributed by atoms with Crippen LogP contribution in [-0.4, -0.2) is 39.0 Å². The summed E-state index contributed by atoms with van der Waals surface area (Å²) in [6, 6.07) is 60.3. The van der Waals surface area contributed by atoms with Crippen LogP contribution in [0.25, 0.3) is 123 Å². The molecule has 0 spiro atoms. The molecule has 13 aromatic rings. The monoisotopic (exact) mass is 808 g/mol. The first kappa shape index (κ1) is 35.0. The van der Waals surface area contributed by atoms with Crippen molar-refractivity contribution in [1.82, 2.24) is 39.0 Å². The van der Waals surface area contributed by atoms with Crippen LogP contribution in [0.2, 0.25) is 0 Å². The van der Waals surface area contributed by atoms with Gasteiger partial charge in [0.2, 0.25) is 5.95 Å². The second-order valence-electron chi connectivity index (χ2n) is 15.6. The Hall–Kier alpha value is -8.82. The van der Waals surface area contributed by atoms with Gasteiger partial charge in [-0.25, -0.2) is 15.0 Å². The summed E-state index contributed by atoms with van der Waals surface area (Å²) >= 11 is 0. The van der Waals surface area contributed by atoms with Crippen LogP contribution < -0.4 is 0 Å². The standard InChI is InChI=1S/C54H32N8O/c1-3-11-33(12-4-1)52-58-53(34-13-5-2-6-14-34)60-54(59-52)62-46-18-10-8-16-39(46)41-29-36(20-23-47(41)62)51-56-28-25-44(57-51)35-19-22-40-38-15-7-9-17-45(38)61(48(40)30-35)37-21-24-49-42(31-37)43-32-55-27-26-50(43)63-49/h1-32H. The fourth-order valence-corrected chi connectivity index (χ4v) is 9.04. The lowest BCUT2D eigenvalue weighted by Gasteiger charge is -2.11. The number of aromatic nitrogens is 8. The van der Waals surface area contributed by atoms with Crippen LogP contribution in [0.1, 0.15) is 0 Å². The smallest absolute Gasteiger partial charge is 0.238 e. The van der Waals surface area contributed by atoms with E-state index in [0.29, 0.717) is 23.4 Å². The van der Waals surface area contributed by atoms with E-state index in [1.807, 2.05) is 97.3 Å². The van der Waals surface area contributed by atoms with Crippen LogP contribution in [0.5, 0.6) is 0 Å². The molecule has 6 aromatic heterocycles. The lowest BCUT2D eigenvalue weighted by atomic mass is 10.1. The number of hydrogen-bond acceptors (Lipinski definition) is 7. The molecule has 0 aliphatic carbocycles. The molecular formula is C54H32N8O. The molecule has 13 rings (SSSR count). The molecule has 0 bridgehead atoms. The van der Waals surface area contributed by atoms with E-state index in [2.05, 4.69) is 105 Å². The minimum atomic E-state index is 0.544. The summed E-state index contributed by atoms with van der Waals surface area (Å²) in [5, 5.41) is 6.48. The minimum Gasteiger partial charge on any atom is -0.456 e. The second-order valence-corrected chi connectivity index (χ2v) is 15.6. The Labute approximate surface area is 359 Å². The van der Waals surface area contributed by atoms with E-state index in [-0.39, 0.29) is 0 Å². The van der Waals surface area contributed by atoms with Crippen LogP contribution in [-0.2, 0) is 0 Å². The molecule has 294 valence electrons. The zero-order valence-corrected chi connectivity index (χ0v) is 33.5. The summed E-state index contributed by atoms with van der Waals surface area (Å²) in [6.45, 7) is 0. The zero-order valence-electron chi connectivity index (χ0n) is 33.5. The quantitative estimate of drug-likeness (QED) is 0.165. The minimum absolute atomic E-state index is 0.544. The van der Waals surface area contributed by atoms with Gasteiger partial charge in [-0.1, -0.05) is 109 Å². The fourth-order valence-electron chi connectivity index (χ4n) is 9.04. The second kappa shape index (κ2) is 13.9. The van der Waals surface area contributed by atoms with Crippen LogP contribution in [0.4, 0.5) is 0 Å². The lowest BCUT2D eigenvalue weighted by Crippen LogP contribution is -2.06. The first-order chi connectivity index (χ1) is 31.2. The molecule has 0 amide bonds. The Bertz CT molecular complexity index is 3870. The van der Waals surface area contributed by atoms with E-state index in [1.54, 1.807) is 6.20 Å². The molecule has 6 heterocycles. The van der Waals surface area contributed by atoms with Gasteiger partial charge in [-0.05, 0) is 66.7 Å². The molecule has 0 unspecified atom stereocenters. The average Bonchev–Trinajstić information content (AvgIpc) is 4.01. The van der Waals surface area contributed by atoms with E-state index >= 15 is 0 Å². The van der Waals surface area contributed by atoms with Gasteiger partial charge < -0.3 is 8.98 Å². The molecule has 0 aliphatic rings. The Morgan fingerprint density at radius 1 is 0.365 bits per heavy atom. The molecule has 0 radical (unpaired) electrons. The molecule has 0 atom stereocenters. The number of rotatable bonds is 6. The Morgan fingerprint density at radius 2 is 1.02 bits per heavy atom. The van der Waals surface area contributed by atoms with Gasteiger partial charge in [-0.3, -0.25) is 9.55 Å². The van der Waals surface area contributed by atoms with Crippen molar-refractivity contribution in [2.24, 2.45) is 0 Å². The normalized spacial score (nSPS) is 11.8. The molecule has 9 nitrogen and oxygen atoms in total. The van der Waals surface area contributed by atoms with Crippen LogP contribution >= 0.6 is 0 Å². The number of para-hydroxylation sites is 2. The van der Waals surface area contributed by atoms with Crippen molar-refractivity contribution in [1.29, 1.82) is 0 Å². The predicted molar refractivity (Wildman–Crippen MR) is 251 cm³/mol. The van der Waals surface area contributed by atoms with E-state index < -0.39 is 0 Å². The van der Waals surface area contributed by atoms with Crippen molar-refractivity contribution >= 4 is 65.6 Å². The molecule has 0 aliphatic heterocycles. The summed E-state index contributed by atoms with van der Waals surface area (Å²) in [7, 11) is 0. The Balaban J connectivity index is 0.937. The largest absolute Gasteiger partial charge is 0.456 e. The first-order valence-electron chi connectivity index (χ1n) is 20.8. The van der Waals surface area contributed by atoms with Gasteiger partial charge in [-0.2, -0.15) is 9.97 Å². The van der Waals surface area contributed by atoms with Gasteiger partial charge in [0, 0.05) is 78.8 Å². The molecule has 0 N–H and O–H groups in total. The molecule has 63 heavy (non-hydrogen) atoms. The number of fused-ring (bicyclic) bond motifs is 9. The predicted octanol–water partition coefficient (Wildman–Crippen LogP) is 12.8. The summed E-state index contributed by atoms with van der Waals surface area (Å²) < 4.78 is 10.6. The lowest BCUT2D eigenvalue weighted by molar-refractivity contribution is 0.668. The number of furan rings is 1. The van der Waals surface area contributed by atoms with Crippen LogP contribution in [0, 0.1) is 0 Å². The van der Waals surface area contributed by atoms with Crippen molar-refractivity contribution in [3.8, 4) is 57.1 Å². The third-order valence-corrected chi connectivity index (χ3v) is 12.0. The highest BCUT2D eigenvalue weighted by molar-refractivity contribution is 6.12. The Morgan fingerprint density at radius 3 is 1.79 bits per heavy atom. The van der Waals surface area contributed by atoms with Crippen LogP contribution in [0.3, 0.4) is 0 Å². The number of hydrogen-bond donors (Lipinski definition) is 0. The van der Waals surface area contributed by atoms with E-state index in [0.717, 1.165) is 93.8 Å².